The minimum atomic E-state index is 0.618. The Morgan fingerprint density at radius 3 is 1.94 bits per heavy atom. The van der Waals surface area contributed by atoms with Crippen LogP contribution in [0.1, 0.15) is 0 Å². The number of aromatic nitrogens is 4. The number of furan rings is 1. The van der Waals surface area contributed by atoms with Crippen LogP contribution in [0, 0.1) is 0 Å². The summed E-state index contributed by atoms with van der Waals surface area (Å²) in [5.41, 5.74) is 7.82. The van der Waals surface area contributed by atoms with Crippen LogP contribution < -0.4 is 0 Å². The van der Waals surface area contributed by atoms with Gasteiger partial charge in [-0.2, -0.15) is 0 Å². The molecule has 11 rings (SSSR count). The van der Waals surface area contributed by atoms with Crippen molar-refractivity contribution in [2.45, 2.75) is 0 Å². The van der Waals surface area contributed by atoms with Gasteiger partial charge in [0.25, 0.3) is 0 Å². The van der Waals surface area contributed by atoms with E-state index in [4.69, 9.17) is 19.4 Å². The Morgan fingerprint density at radius 2 is 1.04 bits per heavy atom. The number of rotatable bonds is 4. The van der Waals surface area contributed by atoms with Crippen LogP contribution in [0.15, 0.2) is 174 Å². The van der Waals surface area contributed by atoms with Crippen molar-refractivity contribution in [1.82, 2.24) is 19.9 Å². The lowest BCUT2D eigenvalue weighted by molar-refractivity contribution is 0.669. The Labute approximate surface area is 303 Å². The molecule has 0 fully saturated rings. The van der Waals surface area contributed by atoms with Gasteiger partial charge in [0, 0.05) is 39.0 Å². The third-order valence-corrected chi connectivity index (χ3v) is 10.4. The fraction of sp³-hybridized carbons (Fsp3) is 0. The second-order valence-corrected chi connectivity index (χ2v) is 13.4. The van der Waals surface area contributed by atoms with Crippen molar-refractivity contribution in [3.63, 3.8) is 0 Å². The monoisotopic (exact) mass is 676 g/mol. The maximum absolute atomic E-state index is 6.24. The second-order valence-electron chi connectivity index (χ2n) is 13.4. The summed E-state index contributed by atoms with van der Waals surface area (Å²) >= 11 is 0. The summed E-state index contributed by atoms with van der Waals surface area (Å²) in [4.78, 5) is 20.2. The van der Waals surface area contributed by atoms with Gasteiger partial charge < -0.3 is 4.42 Å². The number of pyridine rings is 1. The molecule has 246 valence electrons. The third kappa shape index (κ3) is 4.71. The molecule has 0 spiro atoms. The lowest BCUT2D eigenvalue weighted by Crippen LogP contribution is -2.01. The average molecular weight is 677 g/mol. The van der Waals surface area contributed by atoms with Crippen LogP contribution in [-0.2, 0) is 0 Å². The summed E-state index contributed by atoms with van der Waals surface area (Å²) in [6.45, 7) is 0. The minimum absolute atomic E-state index is 0.618. The molecule has 0 aliphatic heterocycles. The lowest BCUT2D eigenvalue weighted by atomic mass is 9.93. The van der Waals surface area contributed by atoms with Crippen molar-refractivity contribution < 1.29 is 4.42 Å². The van der Waals surface area contributed by atoms with Crippen LogP contribution >= 0.6 is 0 Å². The Balaban J connectivity index is 1.13. The molecule has 0 bridgehead atoms. The van der Waals surface area contributed by atoms with E-state index in [1.165, 1.54) is 5.39 Å². The van der Waals surface area contributed by atoms with Crippen LogP contribution in [-0.4, -0.2) is 19.9 Å². The van der Waals surface area contributed by atoms with Crippen LogP contribution in [0.5, 0.6) is 0 Å². The first kappa shape index (κ1) is 29.5. The van der Waals surface area contributed by atoms with Crippen LogP contribution in [0.3, 0.4) is 0 Å². The molecule has 0 radical (unpaired) electrons. The highest BCUT2D eigenvalue weighted by Gasteiger charge is 2.18. The number of para-hydroxylation sites is 1. The first-order chi connectivity index (χ1) is 26.3. The lowest BCUT2D eigenvalue weighted by Gasteiger charge is -2.14. The van der Waals surface area contributed by atoms with Crippen LogP contribution in [0.25, 0.3) is 110 Å². The summed E-state index contributed by atoms with van der Waals surface area (Å²) in [7, 11) is 0. The predicted octanol–water partition coefficient (Wildman–Crippen LogP) is 12.4. The van der Waals surface area contributed by atoms with Crippen molar-refractivity contribution in [1.29, 1.82) is 0 Å². The van der Waals surface area contributed by atoms with Crippen molar-refractivity contribution in [3.05, 3.63) is 170 Å². The fourth-order valence-electron chi connectivity index (χ4n) is 7.92. The van der Waals surface area contributed by atoms with E-state index in [2.05, 4.69) is 114 Å². The molecule has 0 amide bonds. The van der Waals surface area contributed by atoms with E-state index in [1.54, 1.807) is 0 Å². The van der Waals surface area contributed by atoms with E-state index in [9.17, 15) is 0 Å². The molecule has 3 aromatic heterocycles. The van der Waals surface area contributed by atoms with Gasteiger partial charge in [0.05, 0.1) is 5.52 Å². The maximum atomic E-state index is 6.24. The first-order valence-electron chi connectivity index (χ1n) is 17.7. The normalized spacial score (nSPS) is 11.8. The topological polar surface area (TPSA) is 64.7 Å². The number of fused-ring (bicyclic) bond motifs is 9. The quantitative estimate of drug-likeness (QED) is 0.174. The molecule has 0 saturated carbocycles. The predicted molar refractivity (Wildman–Crippen MR) is 217 cm³/mol. The van der Waals surface area contributed by atoms with E-state index in [1.807, 2.05) is 60.8 Å². The molecule has 11 aromatic rings. The summed E-state index contributed by atoms with van der Waals surface area (Å²) in [5.74, 6) is 1.87. The van der Waals surface area contributed by atoms with Gasteiger partial charge in [-0.3, -0.25) is 4.98 Å². The molecule has 5 nitrogen and oxygen atoms in total. The van der Waals surface area contributed by atoms with Crippen LogP contribution in [0.4, 0.5) is 0 Å². The summed E-state index contributed by atoms with van der Waals surface area (Å²) in [6, 6.07) is 56.8. The Morgan fingerprint density at radius 1 is 0.358 bits per heavy atom. The largest absolute Gasteiger partial charge is 0.456 e. The van der Waals surface area contributed by atoms with Gasteiger partial charge in [0.2, 0.25) is 0 Å². The molecule has 0 atom stereocenters. The van der Waals surface area contributed by atoms with Gasteiger partial charge in [-0.1, -0.05) is 127 Å². The van der Waals surface area contributed by atoms with Gasteiger partial charge >= 0.3 is 0 Å². The first-order valence-corrected chi connectivity index (χ1v) is 17.7. The smallest absolute Gasteiger partial charge is 0.164 e. The van der Waals surface area contributed by atoms with Gasteiger partial charge in [-0.15, -0.1) is 0 Å². The zero-order chi connectivity index (χ0) is 34.9. The molecule has 53 heavy (non-hydrogen) atoms. The number of benzene rings is 8. The molecule has 0 N–H and O–H groups in total. The van der Waals surface area contributed by atoms with Crippen molar-refractivity contribution in [2.75, 3.05) is 0 Å². The fourth-order valence-corrected chi connectivity index (χ4v) is 7.92. The molecule has 0 unspecified atom stereocenters. The zero-order valence-corrected chi connectivity index (χ0v) is 28.4. The number of hydrogen-bond donors (Lipinski definition) is 0. The van der Waals surface area contributed by atoms with Gasteiger partial charge in [0.1, 0.15) is 11.2 Å². The zero-order valence-electron chi connectivity index (χ0n) is 28.4. The summed E-state index contributed by atoms with van der Waals surface area (Å²) in [6.07, 6.45) is 1.84. The second kappa shape index (κ2) is 11.7. The summed E-state index contributed by atoms with van der Waals surface area (Å²) in [5, 5.41) is 10.1. The molecule has 0 aliphatic carbocycles. The highest BCUT2D eigenvalue weighted by atomic mass is 16.3. The molecular formula is C48H28N4O. The van der Waals surface area contributed by atoms with E-state index < -0.39 is 0 Å². The van der Waals surface area contributed by atoms with Crippen LogP contribution in [0.2, 0.25) is 0 Å². The van der Waals surface area contributed by atoms with E-state index in [0.29, 0.717) is 17.5 Å². The summed E-state index contributed by atoms with van der Waals surface area (Å²) < 4.78 is 6.24. The molecule has 3 heterocycles. The van der Waals surface area contributed by atoms with E-state index in [-0.39, 0.29) is 0 Å². The van der Waals surface area contributed by atoms with Crippen molar-refractivity contribution in [3.8, 4) is 45.3 Å². The molecular weight excluding hydrogens is 649 g/mol. The van der Waals surface area contributed by atoms with Gasteiger partial charge in [0.15, 0.2) is 17.5 Å². The number of nitrogens with zero attached hydrogens (tertiary/aromatic N) is 4. The molecule has 5 heteroatoms. The highest BCUT2D eigenvalue weighted by Crippen LogP contribution is 2.41. The standard InChI is InChI=1S/C48H28N4O/c1-2-11-29(12-3-1)46-50-47(52-48(51-46)41-28-40-36(34-14-4-5-15-35(34)41)24-25-42-37(40)19-10-26-49-42)31-22-23-32-30(27-31)13-8-17-33(32)38-18-9-21-44-45(38)39-16-6-7-20-43(39)53-44/h1-28H. The van der Waals surface area contributed by atoms with E-state index in [0.717, 1.165) is 87.6 Å². The molecule has 0 aliphatic rings. The molecule has 0 saturated heterocycles. The van der Waals surface area contributed by atoms with Gasteiger partial charge in [-0.05, 0) is 79.8 Å². The van der Waals surface area contributed by atoms with E-state index >= 15 is 0 Å². The minimum Gasteiger partial charge on any atom is -0.456 e. The third-order valence-electron chi connectivity index (χ3n) is 10.4. The van der Waals surface area contributed by atoms with Crippen molar-refractivity contribution >= 4 is 65.2 Å². The molecule has 8 aromatic carbocycles. The maximum Gasteiger partial charge on any atom is 0.164 e. The SMILES string of the molecule is c1ccc(-c2nc(-c3ccc4c(-c5cccc6oc7ccccc7c56)cccc4c3)nc(-c3cc4c5cccnc5ccc4c4ccccc34)n2)cc1. The Kier molecular flexibility index (Phi) is 6.48. The van der Waals surface area contributed by atoms with Gasteiger partial charge in [-0.25, -0.2) is 15.0 Å². The number of hydrogen-bond acceptors (Lipinski definition) is 5. The highest BCUT2D eigenvalue weighted by molar-refractivity contribution is 6.20. The Bertz CT molecular complexity index is 3240. The average Bonchev–Trinajstić information content (AvgIpc) is 3.62. The van der Waals surface area contributed by atoms with Crippen molar-refractivity contribution in [2.24, 2.45) is 0 Å². The Hall–Kier alpha value is -7.24.